The minimum Gasteiger partial charge on any atom is -0.322 e. The molecule has 1 atom stereocenters. The molecule has 2 aromatic carbocycles. The predicted octanol–water partition coefficient (Wildman–Crippen LogP) is 5.15. The van der Waals surface area contributed by atoms with E-state index in [1.54, 1.807) is 0 Å². The first-order valence-corrected chi connectivity index (χ1v) is 9.15. The van der Waals surface area contributed by atoms with Gasteiger partial charge in [0.05, 0.1) is 10.5 Å². The van der Waals surface area contributed by atoms with E-state index >= 15 is 0 Å². The second-order valence-electron chi connectivity index (χ2n) is 5.73. The second kappa shape index (κ2) is 7.40. The first-order valence-electron chi connectivity index (χ1n) is 7.73. The van der Waals surface area contributed by atoms with Gasteiger partial charge >= 0.3 is 6.18 Å². The number of thioether (sulfide) groups is 1. The Balaban J connectivity index is 1.98. The zero-order chi connectivity index (χ0) is 19.8. The molecule has 1 aliphatic heterocycles. The van der Waals surface area contributed by atoms with Crippen LogP contribution in [0, 0.1) is 10.1 Å². The predicted molar refractivity (Wildman–Crippen MR) is 95.8 cm³/mol. The lowest BCUT2D eigenvalue weighted by Crippen LogP contribution is -2.31. The second-order valence-corrected chi connectivity index (χ2v) is 7.33. The first-order chi connectivity index (χ1) is 12.7. The minimum absolute atomic E-state index is 0.00286. The monoisotopic (exact) mass is 416 g/mol. The van der Waals surface area contributed by atoms with E-state index in [1.165, 1.54) is 47.0 Å². The Morgan fingerprint density at radius 3 is 2.63 bits per heavy atom. The van der Waals surface area contributed by atoms with Crippen molar-refractivity contribution in [1.82, 2.24) is 4.90 Å². The molecule has 0 aromatic heterocycles. The minimum atomic E-state index is -4.55. The van der Waals surface area contributed by atoms with Crippen molar-refractivity contribution in [2.24, 2.45) is 0 Å². The molecule has 10 heteroatoms. The molecule has 0 unspecified atom stereocenters. The van der Waals surface area contributed by atoms with Gasteiger partial charge in [-0.15, -0.1) is 11.8 Å². The average Bonchev–Trinajstić information content (AvgIpc) is 3.10. The van der Waals surface area contributed by atoms with Crippen LogP contribution in [0.4, 0.5) is 18.9 Å². The van der Waals surface area contributed by atoms with Crippen molar-refractivity contribution in [3.05, 3.63) is 74.3 Å². The molecule has 0 aliphatic carbocycles. The molecule has 0 bridgehead atoms. The number of hydrogen-bond donors (Lipinski definition) is 0. The summed E-state index contributed by atoms with van der Waals surface area (Å²) in [5.74, 6) is -0.125. The van der Waals surface area contributed by atoms with Crippen molar-refractivity contribution >= 4 is 35.0 Å². The molecule has 0 radical (unpaired) electrons. The number of hydrogen-bond acceptors (Lipinski definition) is 4. The van der Waals surface area contributed by atoms with Gasteiger partial charge in [0.25, 0.3) is 11.6 Å². The van der Waals surface area contributed by atoms with E-state index < -0.39 is 33.6 Å². The Morgan fingerprint density at radius 2 is 1.96 bits per heavy atom. The van der Waals surface area contributed by atoms with Crippen LogP contribution in [-0.4, -0.2) is 28.0 Å². The summed E-state index contributed by atoms with van der Waals surface area (Å²) in [4.78, 5) is 24.4. The standard InChI is InChI=1S/C17H12ClF3N2O3S/c18-13-6-5-10(9-14(13)23(25)26)15(24)22-7-8-27-16(22)11-3-1-2-4-12(11)17(19,20)21/h1-6,9,16H,7-8H2/t16-/m1/s1. The van der Waals surface area contributed by atoms with Crippen molar-refractivity contribution in [3.8, 4) is 0 Å². The zero-order valence-corrected chi connectivity index (χ0v) is 15.1. The third kappa shape index (κ3) is 3.89. The molecular formula is C17H12ClF3N2O3S. The third-order valence-electron chi connectivity index (χ3n) is 4.07. The van der Waals surface area contributed by atoms with E-state index in [2.05, 4.69) is 0 Å². The maximum Gasteiger partial charge on any atom is 0.416 e. The number of carbonyl (C=O) groups is 1. The largest absolute Gasteiger partial charge is 0.416 e. The fraction of sp³-hybridized carbons (Fsp3) is 0.235. The molecule has 1 heterocycles. The molecule has 3 rings (SSSR count). The number of carbonyl (C=O) groups excluding carboxylic acids is 1. The van der Waals surface area contributed by atoms with Crippen molar-refractivity contribution < 1.29 is 22.9 Å². The van der Waals surface area contributed by atoms with E-state index in [-0.39, 0.29) is 22.7 Å². The van der Waals surface area contributed by atoms with Crippen molar-refractivity contribution in [2.45, 2.75) is 11.6 Å². The van der Waals surface area contributed by atoms with E-state index in [9.17, 15) is 28.1 Å². The van der Waals surface area contributed by atoms with Crippen LogP contribution >= 0.6 is 23.4 Å². The van der Waals surface area contributed by atoms with E-state index in [0.717, 1.165) is 12.1 Å². The van der Waals surface area contributed by atoms with Crippen LogP contribution in [0.25, 0.3) is 0 Å². The summed E-state index contributed by atoms with van der Waals surface area (Å²) >= 11 is 6.97. The summed E-state index contributed by atoms with van der Waals surface area (Å²) in [6.45, 7) is 0.233. The highest BCUT2D eigenvalue weighted by Crippen LogP contribution is 2.44. The Morgan fingerprint density at radius 1 is 1.26 bits per heavy atom. The number of alkyl halides is 3. The average molecular weight is 417 g/mol. The molecule has 1 amide bonds. The highest BCUT2D eigenvalue weighted by Gasteiger charge is 2.39. The summed E-state index contributed by atoms with van der Waals surface area (Å²) in [7, 11) is 0. The summed E-state index contributed by atoms with van der Waals surface area (Å²) < 4.78 is 40.0. The van der Waals surface area contributed by atoms with E-state index in [4.69, 9.17) is 11.6 Å². The van der Waals surface area contributed by atoms with Gasteiger partial charge in [-0.25, -0.2) is 0 Å². The normalized spacial score (nSPS) is 17.2. The number of benzene rings is 2. The highest BCUT2D eigenvalue weighted by molar-refractivity contribution is 7.99. The van der Waals surface area contributed by atoms with Crippen LogP contribution in [0.15, 0.2) is 42.5 Å². The van der Waals surface area contributed by atoms with Crippen LogP contribution in [0.1, 0.15) is 26.9 Å². The van der Waals surface area contributed by atoms with Gasteiger partial charge in [-0.2, -0.15) is 13.2 Å². The van der Waals surface area contributed by atoms with Crippen LogP contribution in [0.2, 0.25) is 5.02 Å². The van der Waals surface area contributed by atoms with Gasteiger partial charge in [0.1, 0.15) is 10.4 Å². The topological polar surface area (TPSA) is 63.4 Å². The summed E-state index contributed by atoms with van der Waals surface area (Å²) in [5.41, 5.74) is -1.24. The molecule has 0 saturated carbocycles. The molecule has 1 fully saturated rings. The van der Waals surface area contributed by atoms with Crippen molar-refractivity contribution in [1.29, 1.82) is 0 Å². The van der Waals surface area contributed by atoms with Gasteiger partial charge in [-0.3, -0.25) is 14.9 Å². The molecule has 2 aromatic rings. The molecular weight excluding hydrogens is 405 g/mol. The number of nitro benzene ring substituents is 1. The lowest BCUT2D eigenvalue weighted by Gasteiger charge is -2.26. The van der Waals surface area contributed by atoms with Crippen LogP contribution < -0.4 is 0 Å². The first kappa shape index (κ1) is 19.5. The van der Waals surface area contributed by atoms with Crippen molar-refractivity contribution in [2.75, 3.05) is 12.3 Å². The summed E-state index contributed by atoms with van der Waals surface area (Å²) in [5, 5.41) is 10.1. The molecule has 142 valence electrons. The number of halogens is 4. The maximum absolute atomic E-state index is 13.3. The third-order valence-corrected chi connectivity index (χ3v) is 5.64. The number of amides is 1. The Hall–Kier alpha value is -2.26. The Kier molecular flexibility index (Phi) is 5.34. The Bertz CT molecular complexity index is 907. The Labute approximate surface area is 161 Å². The zero-order valence-electron chi connectivity index (χ0n) is 13.6. The summed E-state index contributed by atoms with van der Waals surface area (Å²) in [6.07, 6.45) is -4.55. The number of nitrogens with zero attached hydrogens (tertiary/aromatic N) is 2. The number of nitro groups is 1. The molecule has 27 heavy (non-hydrogen) atoms. The van der Waals surface area contributed by atoms with Gasteiger partial charge in [0.2, 0.25) is 0 Å². The van der Waals surface area contributed by atoms with Gasteiger partial charge in [0, 0.05) is 23.9 Å². The van der Waals surface area contributed by atoms with Gasteiger partial charge < -0.3 is 4.90 Å². The smallest absolute Gasteiger partial charge is 0.322 e. The van der Waals surface area contributed by atoms with Crippen LogP contribution in [0.3, 0.4) is 0 Å². The SMILES string of the molecule is O=C(c1ccc(Cl)c([N+](=O)[O-])c1)N1CCS[C@@H]1c1ccccc1C(F)(F)F. The van der Waals surface area contributed by atoms with Crippen LogP contribution in [0.5, 0.6) is 0 Å². The van der Waals surface area contributed by atoms with Crippen LogP contribution in [-0.2, 0) is 6.18 Å². The van der Waals surface area contributed by atoms with Gasteiger partial charge in [0.15, 0.2) is 0 Å². The van der Waals surface area contributed by atoms with Crippen molar-refractivity contribution in [3.63, 3.8) is 0 Å². The fourth-order valence-electron chi connectivity index (χ4n) is 2.86. The molecule has 0 N–H and O–H groups in total. The van der Waals surface area contributed by atoms with Gasteiger partial charge in [-0.1, -0.05) is 29.8 Å². The van der Waals surface area contributed by atoms with E-state index in [0.29, 0.717) is 5.75 Å². The maximum atomic E-state index is 13.3. The lowest BCUT2D eigenvalue weighted by atomic mass is 10.1. The molecule has 1 aliphatic rings. The van der Waals surface area contributed by atoms with Gasteiger partial charge in [-0.05, 0) is 23.8 Å². The fourth-order valence-corrected chi connectivity index (χ4v) is 4.34. The quantitative estimate of drug-likeness (QED) is 0.512. The van der Waals surface area contributed by atoms with E-state index in [1.807, 2.05) is 0 Å². The molecule has 0 spiro atoms. The lowest BCUT2D eigenvalue weighted by molar-refractivity contribution is -0.384. The number of rotatable bonds is 3. The highest BCUT2D eigenvalue weighted by atomic mass is 35.5. The summed E-state index contributed by atoms with van der Waals surface area (Å²) in [6, 6.07) is 8.70. The molecule has 5 nitrogen and oxygen atoms in total. The molecule has 1 saturated heterocycles.